The molecule has 0 radical (unpaired) electrons. The van der Waals surface area contributed by atoms with Crippen molar-refractivity contribution in [3.05, 3.63) is 59.7 Å². The number of amides is 2. The van der Waals surface area contributed by atoms with E-state index in [1.807, 2.05) is 62.4 Å². The molecule has 0 bridgehead atoms. The number of hydrogen-bond acceptors (Lipinski definition) is 2. The molecule has 118 valence electrons. The molecule has 1 aliphatic rings. The first-order chi connectivity index (χ1) is 11.0. The summed E-state index contributed by atoms with van der Waals surface area (Å²) in [7, 11) is 0. The van der Waals surface area contributed by atoms with E-state index in [2.05, 4.69) is 10.6 Å². The number of para-hydroxylation sites is 2. The Morgan fingerprint density at radius 1 is 0.826 bits per heavy atom. The summed E-state index contributed by atoms with van der Waals surface area (Å²) < 4.78 is 0. The summed E-state index contributed by atoms with van der Waals surface area (Å²) in [4.78, 5) is 25.2. The topological polar surface area (TPSA) is 58.2 Å². The van der Waals surface area contributed by atoms with E-state index in [0.717, 1.165) is 16.8 Å². The molecule has 0 aliphatic heterocycles. The van der Waals surface area contributed by atoms with Crippen molar-refractivity contribution >= 4 is 23.2 Å². The zero-order valence-electron chi connectivity index (χ0n) is 13.3. The third kappa shape index (κ3) is 2.97. The first-order valence-electron chi connectivity index (χ1n) is 7.77. The lowest BCUT2D eigenvalue weighted by Crippen LogP contribution is -2.36. The molecular weight excluding hydrogens is 288 g/mol. The fourth-order valence-electron chi connectivity index (χ4n) is 2.70. The quantitative estimate of drug-likeness (QED) is 0.847. The molecule has 0 heterocycles. The van der Waals surface area contributed by atoms with Crippen molar-refractivity contribution in [1.29, 1.82) is 0 Å². The smallest absolute Gasteiger partial charge is 0.240 e. The lowest BCUT2D eigenvalue weighted by Gasteiger charge is -2.17. The van der Waals surface area contributed by atoms with Gasteiger partial charge in [-0.2, -0.15) is 0 Å². The molecular formula is C19H20N2O2. The van der Waals surface area contributed by atoms with Gasteiger partial charge in [0.2, 0.25) is 11.8 Å². The largest absolute Gasteiger partial charge is 0.325 e. The third-order valence-electron chi connectivity index (χ3n) is 4.37. The Morgan fingerprint density at radius 3 is 1.96 bits per heavy atom. The van der Waals surface area contributed by atoms with Crippen molar-refractivity contribution in [1.82, 2.24) is 0 Å². The number of anilines is 2. The third-order valence-corrected chi connectivity index (χ3v) is 4.37. The Bertz CT molecular complexity index is 729. The van der Waals surface area contributed by atoms with Crippen LogP contribution in [0.25, 0.3) is 0 Å². The summed E-state index contributed by atoms with van der Waals surface area (Å²) in [5, 5.41) is 5.79. The van der Waals surface area contributed by atoms with Gasteiger partial charge in [0.1, 0.15) is 5.41 Å². The molecule has 1 fully saturated rings. The lowest BCUT2D eigenvalue weighted by atomic mass is 10.0. The van der Waals surface area contributed by atoms with Gasteiger partial charge in [-0.05, 0) is 49.9 Å². The van der Waals surface area contributed by atoms with Crippen LogP contribution in [0.5, 0.6) is 0 Å². The first kappa shape index (κ1) is 15.3. The average molecular weight is 308 g/mol. The minimum Gasteiger partial charge on any atom is -0.325 e. The van der Waals surface area contributed by atoms with Crippen LogP contribution in [0, 0.1) is 19.3 Å². The van der Waals surface area contributed by atoms with Crippen LogP contribution in [0.3, 0.4) is 0 Å². The SMILES string of the molecule is Cc1cccc(C)c1NC(=O)C1(C(=O)Nc2ccccc2)CC1. The minimum absolute atomic E-state index is 0.219. The predicted octanol–water partition coefficient (Wildman–Crippen LogP) is 3.66. The molecule has 23 heavy (non-hydrogen) atoms. The Labute approximate surface area is 135 Å². The van der Waals surface area contributed by atoms with Crippen LogP contribution in [0.2, 0.25) is 0 Å². The number of nitrogens with one attached hydrogen (secondary N) is 2. The van der Waals surface area contributed by atoms with E-state index in [1.165, 1.54) is 0 Å². The van der Waals surface area contributed by atoms with Gasteiger partial charge in [0.05, 0.1) is 0 Å². The second kappa shape index (κ2) is 5.88. The zero-order valence-corrected chi connectivity index (χ0v) is 13.3. The molecule has 2 aromatic carbocycles. The highest BCUT2D eigenvalue weighted by Crippen LogP contribution is 2.47. The number of rotatable bonds is 4. The summed E-state index contributed by atoms with van der Waals surface area (Å²) in [5.74, 6) is -0.448. The van der Waals surface area contributed by atoms with Gasteiger partial charge in [-0.15, -0.1) is 0 Å². The number of carbonyl (C=O) groups excluding carboxylic acids is 2. The molecule has 1 saturated carbocycles. The van der Waals surface area contributed by atoms with Crippen LogP contribution in [0.15, 0.2) is 48.5 Å². The fourth-order valence-corrected chi connectivity index (χ4v) is 2.70. The van der Waals surface area contributed by atoms with E-state index in [1.54, 1.807) is 0 Å². The lowest BCUT2D eigenvalue weighted by molar-refractivity contribution is -0.131. The zero-order chi connectivity index (χ0) is 16.4. The monoisotopic (exact) mass is 308 g/mol. The number of carbonyl (C=O) groups is 2. The van der Waals surface area contributed by atoms with E-state index < -0.39 is 5.41 Å². The Morgan fingerprint density at radius 2 is 1.39 bits per heavy atom. The van der Waals surface area contributed by atoms with Crippen LogP contribution >= 0.6 is 0 Å². The van der Waals surface area contributed by atoms with Crippen molar-refractivity contribution in [2.75, 3.05) is 10.6 Å². The van der Waals surface area contributed by atoms with Gasteiger partial charge in [-0.3, -0.25) is 9.59 Å². The summed E-state index contributed by atoms with van der Waals surface area (Å²) in [6.07, 6.45) is 1.17. The number of benzene rings is 2. The Kier molecular flexibility index (Phi) is 3.90. The van der Waals surface area contributed by atoms with Crippen molar-refractivity contribution in [3.63, 3.8) is 0 Å². The Hall–Kier alpha value is -2.62. The van der Waals surface area contributed by atoms with Crippen molar-refractivity contribution < 1.29 is 9.59 Å². The summed E-state index contributed by atoms with van der Waals surface area (Å²) in [6, 6.07) is 15.1. The number of aryl methyl sites for hydroxylation is 2. The van der Waals surface area contributed by atoms with Crippen molar-refractivity contribution in [2.45, 2.75) is 26.7 Å². The first-order valence-corrected chi connectivity index (χ1v) is 7.77. The average Bonchev–Trinajstić information content (AvgIpc) is 3.34. The van der Waals surface area contributed by atoms with Crippen molar-refractivity contribution in [2.24, 2.45) is 5.41 Å². The number of hydrogen-bond donors (Lipinski definition) is 2. The van der Waals surface area contributed by atoms with Crippen LogP contribution in [-0.2, 0) is 9.59 Å². The van der Waals surface area contributed by atoms with Crippen LogP contribution in [0.1, 0.15) is 24.0 Å². The molecule has 2 amide bonds. The maximum atomic E-state index is 12.7. The minimum atomic E-state index is -0.940. The molecule has 2 N–H and O–H groups in total. The molecule has 4 heteroatoms. The highest BCUT2D eigenvalue weighted by Gasteiger charge is 2.56. The van der Waals surface area contributed by atoms with E-state index in [4.69, 9.17) is 0 Å². The standard InChI is InChI=1S/C19H20N2O2/c1-13-7-6-8-14(2)16(13)21-18(23)19(11-12-19)17(22)20-15-9-4-3-5-10-15/h3-10H,11-12H2,1-2H3,(H,20,22)(H,21,23). The van der Waals surface area contributed by atoms with E-state index >= 15 is 0 Å². The van der Waals surface area contributed by atoms with Crippen LogP contribution < -0.4 is 10.6 Å². The molecule has 0 atom stereocenters. The second-order valence-corrected chi connectivity index (χ2v) is 6.12. The van der Waals surface area contributed by atoms with Gasteiger partial charge >= 0.3 is 0 Å². The fraction of sp³-hybridized carbons (Fsp3) is 0.263. The molecule has 2 aromatic rings. The van der Waals surface area contributed by atoms with Gasteiger partial charge in [-0.1, -0.05) is 36.4 Å². The maximum absolute atomic E-state index is 12.7. The maximum Gasteiger partial charge on any atom is 0.240 e. The summed E-state index contributed by atoms with van der Waals surface area (Å²) in [5.41, 5.74) is 2.57. The van der Waals surface area contributed by atoms with Gasteiger partial charge in [0, 0.05) is 11.4 Å². The normalized spacial score (nSPS) is 14.9. The predicted molar refractivity (Wildman–Crippen MR) is 91.3 cm³/mol. The van der Waals surface area contributed by atoms with Gasteiger partial charge in [-0.25, -0.2) is 0 Å². The molecule has 0 spiro atoms. The summed E-state index contributed by atoms with van der Waals surface area (Å²) in [6.45, 7) is 3.90. The van der Waals surface area contributed by atoms with Gasteiger partial charge in [0.15, 0.2) is 0 Å². The van der Waals surface area contributed by atoms with Crippen LogP contribution in [0.4, 0.5) is 11.4 Å². The van der Waals surface area contributed by atoms with E-state index in [-0.39, 0.29) is 11.8 Å². The van der Waals surface area contributed by atoms with Gasteiger partial charge < -0.3 is 10.6 Å². The highest BCUT2D eigenvalue weighted by atomic mass is 16.2. The highest BCUT2D eigenvalue weighted by molar-refractivity contribution is 6.17. The second-order valence-electron chi connectivity index (χ2n) is 6.12. The Balaban J connectivity index is 1.75. The van der Waals surface area contributed by atoms with E-state index in [9.17, 15) is 9.59 Å². The molecule has 3 rings (SSSR count). The molecule has 1 aliphatic carbocycles. The molecule has 0 unspecified atom stereocenters. The molecule has 0 aromatic heterocycles. The van der Waals surface area contributed by atoms with Crippen LogP contribution in [-0.4, -0.2) is 11.8 Å². The van der Waals surface area contributed by atoms with Crippen molar-refractivity contribution in [3.8, 4) is 0 Å². The van der Waals surface area contributed by atoms with E-state index in [0.29, 0.717) is 18.5 Å². The summed E-state index contributed by atoms with van der Waals surface area (Å²) >= 11 is 0. The van der Waals surface area contributed by atoms with Gasteiger partial charge in [0.25, 0.3) is 0 Å². The molecule has 0 saturated heterocycles. The molecule has 4 nitrogen and oxygen atoms in total.